The number of aryl methyl sites for hydroxylation is 3. The Morgan fingerprint density at radius 2 is 1.78 bits per heavy atom. The predicted octanol–water partition coefficient (Wildman–Crippen LogP) is 4.48. The number of ether oxygens (including phenoxy) is 1. The minimum Gasteiger partial charge on any atom is -0.496 e. The molecule has 1 N–H and O–H groups in total. The van der Waals surface area contributed by atoms with Gasteiger partial charge in [0.25, 0.3) is 5.91 Å². The fourth-order valence-electron chi connectivity index (χ4n) is 3.56. The maximum atomic E-state index is 12.9. The minimum atomic E-state index is -0.294. The zero-order valence-corrected chi connectivity index (χ0v) is 18.8. The van der Waals surface area contributed by atoms with Crippen LogP contribution >= 0.6 is 0 Å². The van der Waals surface area contributed by atoms with Crippen LogP contribution in [0.1, 0.15) is 38.8 Å². The van der Waals surface area contributed by atoms with Crippen molar-refractivity contribution in [1.82, 2.24) is 20.0 Å². The minimum absolute atomic E-state index is 0.277. The molecule has 2 aromatic heterocycles. The van der Waals surface area contributed by atoms with Crippen molar-refractivity contribution in [2.75, 3.05) is 12.4 Å². The molecule has 0 aliphatic carbocycles. The van der Waals surface area contributed by atoms with Gasteiger partial charge in [0.15, 0.2) is 5.69 Å². The number of hydrogen-bond donors (Lipinski definition) is 1. The first kappa shape index (κ1) is 21.3. The Balaban J connectivity index is 1.57. The van der Waals surface area contributed by atoms with Gasteiger partial charge in [0.1, 0.15) is 17.2 Å². The second-order valence-corrected chi connectivity index (χ2v) is 7.62. The van der Waals surface area contributed by atoms with Crippen LogP contribution in [0.3, 0.4) is 0 Å². The Bertz CT molecular complexity index is 1270. The molecule has 0 spiro atoms. The Hall–Kier alpha value is -3.94. The summed E-state index contributed by atoms with van der Waals surface area (Å²) in [4.78, 5) is 17.5. The Morgan fingerprint density at radius 1 is 1.06 bits per heavy atom. The molecule has 0 saturated carbocycles. The average Bonchev–Trinajstić information content (AvgIpc) is 3.33. The quantitative estimate of drug-likeness (QED) is 0.484. The molecule has 0 aliphatic rings. The molecule has 4 aromatic rings. The van der Waals surface area contributed by atoms with Crippen molar-refractivity contribution in [3.8, 4) is 17.2 Å². The van der Waals surface area contributed by atoms with Gasteiger partial charge in [-0.25, -0.2) is 9.67 Å². The third-order valence-electron chi connectivity index (χ3n) is 5.45. The number of nitrogens with zero attached hydrogens (tertiary/aromatic N) is 4. The van der Waals surface area contributed by atoms with E-state index >= 15 is 0 Å². The van der Waals surface area contributed by atoms with Crippen LogP contribution in [0.4, 0.5) is 5.69 Å². The lowest BCUT2D eigenvalue weighted by Gasteiger charge is -2.10. The molecule has 0 bridgehead atoms. The molecule has 32 heavy (non-hydrogen) atoms. The van der Waals surface area contributed by atoms with Gasteiger partial charge in [0.2, 0.25) is 5.89 Å². The summed E-state index contributed by atoms with van der Waals surface area (Å²) < 4.78 is 12.9. The molecule has 1 amide bonds. The Labute approximate surface area is 186 Å². The van der Waals surface area contributed by atoms with Crippen LogP contribution in [-0.4, -0.2) is 33.0 Å². The van der Waals surface area contributed by atoms with Crippen molar-refractivity contribution < 1.29 is 13.9 Å². The first-order chi connectivity index (χ1) is 15.4. The monoisotopic (exact) mass is 431 g/mol. The highest BCUT2D eigenvalue weighted by Gasteiger charge is 2.21. The second kappa shape index (κ2) is 8.66. The van der Waals surface area contributed by atoms with Gasteiger partial charge in [-0.1, -0.05) is 35.5 Å². The summed E-state index contributed by atoms with van der Waals surface area (Å²) in [7, 11) is 1.61. The summed E-state index contributed by atoms with van der Waals surface area (Å²) in [5.41, 5.74) is 5.18. The fraction of sp³-hybridized carbons (Fsp3) is 0.250. The van der Waals surface area contributed by atoms with Crippen LogP contribution in [0.2, 0.25) is 0 Å². The van der Waals surface area contributed by atoms with Crippen molar-refractivity contribution >= 4 is 11.6 Å². The standard InChI is InChI=1S/C24H25N5O3/c1-14-9-8-10-15(2)21(14)26-23(30)22-16(3)29(28-27-22)13-19-17(4)32-24(25-19)18-11-6-7-12-20(18)31-5/h6-12H,13H2,1-5H3,(H,26,30). The van der Waals surface area contributed by atoms with E-state index in [2.05, 4.69) is 20.6 Å². The van der Waals surface area contributed by atoms with Gasteiger partial charge < -0.3 is 14.5 Å². The number of carbonyl (C=O) groups excluding carboxylic acids is 1. The van der Waals surface area contributed by atoms with Crippen LogP contribution < -0.4 is 10.1 Å². The molecule has 0 aliphatic heterocycles. The van der Waals surface area contributed by atoms with Gasteiger partial charge in [-0.15, -0.1) is 5.10 Å². The molecule has 2 heterocycles. The summed E-state index contributed by atoms with van der Waals surface area (Å²) in [5, 5.41) is 11.2. The van der Waals surface area contributed by atoms with Crippen molar-refractivity contribution in [2.45, 2.75) is 34.2 Å². The van der Waals surface area contributed by atoms with Gasteiger partial charge in [-0.2, -0.15) is 0 Å². The number of aromatic nitrogens is 4. The number of hydrogen-bond acceptors (Lipinski definition) is 6. The van der Waals surface area contributed by atoms with E-state index in [4.69, 9.17) is 9.15 Å². The van der Waals surface area contributed by atoms with E-state index in [0.29, 0.717) is 35.3 Å². The lowest BCUT2D eigenvalue weighted by atomic mass is 10.1. The molecule has 0 saturated heterocycles. The van der Waals surface area contributed by atoms with Crippen LogP contribution in [0.5, 0.6) is 5.75 Å². The summed E-state index contributed by atoms with van der Waals surface area (Å²) in [6.45, 7) is 7.91. The topological polar surface area (TPSA) is 95.1 Å². The first-order valence-corrected chi connectivity index (χ1v) is 10.3. The van der Waals surface area contributed by atoms with Crippen molar-refractivity contribution in [3.63, 3.8) is 0 Å². The molecule has 2 aromatic carbocycles. The first-order valence-electron chi connectivity index (χ1n) is 10.3. The van der Waals surface area contributed by atoms with E-state index < -0.39 is 0 Å². The summed E-state index contributed by atoms with van der Waals surface area (Å²) >= 11 is 0. The van der Waals surface area contributed by atoms with E-state index in [1.54, 1.807) is 11.8 Å². The van der Waals surface area contributed by atoms with Gasteiger partial charge >= 0.3 is 0 Å². The van der Waals surface area contributed by atoms with Crippen molar-refractivity contribution in [1.29, 1.82) is 0 Å². The number of rotatable bonds is 6. The number of para-hydroxylation sites is 2. The van der Waals surface area contributed by atoms with Crippen LogP contribution in [0, 0.1) is 27.7 Å². The summed E-state index contributed by atoms with van der Waals surface area (Å²) in [5.74, 6) is 1.53. The summed E-state index contributed by atoms with van der Waals surface area (Å²) in [6.07, 6.45) is 0. The molecule has 0 fully saturated rings. The van der Waals surface area contributed by atoms with Crippen molar-refractivity contribution in [3.05, 3.63) is 76.4 Å². The Kier molecular flexibility index (Phi) is 5.77. The van der Waals surface area contributed by atoms with E-state index in [9.17, 15) is 4.79 Å². The van der Waals surface area contributed by atoms with Crippen LogP contribution in [-0.2, 0) is 6.54 Å². The number of benzene rings is 2. The predicted molar refractivity (Wildman–Crippen MR) is 121 cm³/mol. The molecule has 8 heteroatoms. The molecule has 4 rings (SSSR count). The van der Waals surface area contributed by atoms with Gasteiger partial charge in [0.05, 0.1) is 24.9 Å². The maximum absolute atomic E-state index is 12.9. The molecule has 0 radical (unpaired) electrons. The lowest BCUT2D eigenvalue weighted by molar-refractivity contribution is 0.102. The maximum Gasteiger partial charge on any atom is 0.278 e. The molecular formula is C24H25N5O3. The Morgan fingerprint density at radius 3 is 2.50 bits per heavy atom. The zero-order valence-electron chi connectivity index (χ0n) is 18.8. The highest BCUT2D eigenvalue weighted by atomic mass is 16.5. The van der Waals surface area contributed by atoms with E-state index in [1.165, 1.54) is 0 Å². The van der Waals surface area contributed by atoms with E-state index in [1.807, 2.05) is 70.2 Å². The summed E-state index contributed by atoms with van der Waals surface area (Å²) in [6, 6.07) is 13.4. The number of nitrogens with one attached hydrogen (secondary N) is 1. The average molecular weight is 431 g/mol. The SMILES string of the molecule is COc1ccccc1-c1nc(Cn2nnc(C(=O)Nc3c(C)cccc3C)c2C)c(C)o1. The number of methoxy groups -OCH3 is 1. The van der Waals surface area contributed by atoms with Crippen LogP contribution in [0.25, 0.3) is 11.5 Å². The number of amides is 1. The second-order valence-electron chi connectivity index (χ2n) is 7.62. The van der Waals surface area contributed by atoms with E-state index in [-0.39, 0.29) is 11.6 Å². The molecule has 8 nitrogen and oxygen atoms in total. The van der Waals surface area contributed by atoms with Gasteiger partial charge in [-0.05, 0) is 51.0 Å². The fourth-order valence-corrected chi connectivity index (χ4v) is 3.56. The van der Waals surface area contributed by atoms with Gasteiger partial charge in [0, 0.05) is 5.69 Å². The largest absolute Gasteiger partial charge is 0.496 e. The smallest absolute Gasteiger partial charge is 0.278 e. The normalized spacial score (nSPS) is 10.9. The highest BCUT2D eigenvalue weighted by molar-refractivity contribution is 6.04. The zero-order chi connectivity index (χ0) is 22.8. The third-order valence-corrected chi connectivity index (χ3v) is 5.45. The number of carbonyl (C=O) groups is 1. The molecular weight excluding hydrogens is 406 g/mol. The van der Waals surface area contributed by atoms with E-state index in [0.717, 1.165) is 22.4 Å². The number of oxazole rings is 1. The van der Waals surface area contributed by atoms with Crippen LogP contribution in [0.15, 0.2) is 46.9 Å². The lowest BCUT2D eigenvalue weighted by Crippen LogP contribution is -2.16. The third kappa shape index (κ3) is 3.99. The number of anilines is 1. The van der Waals surface area contributed by atoms with Crippen molar-refractivity contribution in [2.24, 2.45) is 0 Å². The van der Waals surface area contributed by atoms with Gasteiger partial charge in [-0.3, -0.25) is 4.79 Å². The molecule has 164 valence electrons. The highest BCUT2D eigenvalue weighted by Crippen LogP contribution is 2.30. The molecule has 0 unspecified atom stereocenters. The molecule has 0 atom stereocenters.